The van der Waals surface area contributed by atoms with Gasteiger partial charge in [0.15, 0.2) is 16.4 Å². The van der Waals surface area contributed by atoms with E-state index in [9.17, 15) is 18.0 Å². The number of hydrogen-bond donors (Lipinski definition) is 1. The van der Waals surface area contributed by atoms with E-state index >= 15 is 0 Å². The Kier molecular flexibility index (Phi) is 7.58. The van der Waals surface area contributed by atoms with Crippen molar-refractivity contribution in [2.75, 3.05) is 23.9 Å². The van der Waals surface area contributed by atoms with Gasteiger partial charge in [0, 0.05) is 22.4 Å². The van der Waals surface area contributed by atoms with Crippen LogP contribution in [0.4, 0.5) is 0 Å². The molecule has 1 aromatic rings. The third-order valence-electron chi connectivity index (χ3n) is 3.57. The van der Waals surface area contributed by atoms with Crippen molar-refractivity contribution in [2.45, 2.75) is 30.2 Å². The highest BCUT2D eigenvalue weighted by Gasteiger charge is 2.28. The minimum absolute atomic E-state index is 0.0470. The molecule has 0 unspecified atom stereocenters. The van der Waals surface area contributed by atoms with Crippen LogP contribution in [0.1, 0.15) is 19.3 Å². The number of ether oxygens (including phenoxy) is 1. The zero-order valence-electron chi connectivity index (χ0n) is 13.6. The molecule has 6 nitrogen and oxygen atoms in total. The highest BCUT2D eigenvalue weighted by Crippen LogP contribution is 2.21. The number of carbonyl (C=O) groups is 2. The second kappa shape index (κ2) is 9.45. The van der Waals surface area contributed by atoms with Gasteiger partial charge in [-0.1, -0.05) is 11.6 Å². The molecule has 0 aromatic heterocycles. The van der Waals surface area contributed by atoms with Crippen LogP contribution in [0, 0.1) is 0 Å². The summed E-state index contributed by atoms with van der Waals surface area (Å²) in [7, 11) is -3.04. The number of thioether (sulfide) groups is 1. The molecule has 1 fully saturated rings. The fourth-order valence-electron chi connectivity index (χ4n) is 2.33. The van der Waals surface area contributed by atoms with E-state index in [-0.39, 0.29) is 30.6 Å². The molecule has 25 heavy (non-hydrogen) atoms. The van der Waals surface area contributed by atoms with Crippen molar-refractivity contribution in [2.24, 2.45) is 0 Å². The van der Waals surface area contributed by atoms with E-state index in [0.29, 0.717) is 17.9 Å². The molecule has 0 spiro atoms. The molecule has 0 bridgehead atoms. The van der Waals surface area contributed by atoms with E-state index < -0.39 is 21.7 Å². The predicted molar refractivity (Wildman–Crippen MR) is 97.6 cm³/mol. The first-order chi connectivity index (χ1) is 11.8. The Morgan fingerprint density at radius 1 is 1.28 bits per heavy atom. The van der Waals surface area contributed by atoms with Gasteiger partial charge in [0.05, 0.1) is 11.5 Å². The van der Waals surface area contributed by atoms with Crippen molar-refractivity contribution in [1.82, 2.24) is 5.32 Å². The Morgan fingerprint density at radius 3 is 2.64 bits per heavy atom. The fourth-order valence-corrected chi connectivity index (χ4v) is 4.99. The topological polar surface area (TPSA) is 89.5 Å². The molecule has 0 saturated carbocycles. The largest absolute Gasteiger partial charge is 0.456 e. The SMILES string of the molecule is O=C(COC(=O)CCCSc1ccc(Cl)cc1)N[C@H]1CCS(=O)(=O)C1. The number of sulfone groups is 1. The monoisotopic (exact) mass is 405 g/mol. The smallest absolute Gasteiger partial charge is 0.306 e. The summed E-state index contributed by atoms with van der Waals surface area (Å²) < 4.78 is 27.5. The quantitative estimate of drug-likeness (QED) is 0.404. The summed E-state index contributed by atoms with van der Waals surface area (Å²) in [6.07, 6.45) is 1.27. The first-order valence-corrected chi connectivity index (χ1v) is 11.1. The van der Waals surface area contributed by atoms with Gasteiger partial charge in [0.25, 0.3) is 5.91 Å². The number of hydrogen-bond acceptors (Lipinski definition) is 6. The molecular weight excluding hydrogens is 386 g/mol. The summed E-state index contributed by atoms with van der Waals surface area (Å²) in [4.78, 5) is 24.4. The van der Waals surface area contributed by atoms with Crippen molar-refractivity contribution < 1.29 is 22.7 Å². The molecule has 138 valence electrons. The van der Waals surface area contributed by atoms with Crippen molar-refractivity contribution in [3.63, 3.8) is 0 Å². The van der Waals surface area contributed by atoms with Crippen molar-refractivity contribution in [3.05, 3.63) is 29.3 Å². The Hall–Kier alpha value is -1.25. The van der Waals surface area contributed by atoms with Crippen molar-refractivity contribution in [1.29, 1.82) is 0 Å². The second-order valence-corrected chi connectivity index (χ2v) is 9.57. The zero-order chi connectivity index (χ0) is 18.3. The second-order valence-electron chi connectivity index (χ2n) is 5.73. The number of benzene rings is 1. The van der Waals surface area contributed by atoms with Crippen molar-refractivity contribution >= 4 is 45.1 Å². The summed E-state index contributed by atoms with van der Waals surface area (Å²) in [6, 6.07) is 7.07. The molecule has 9 heteroatoms. The van der Waals surface area contributed by atoms with E-state index in [1.54, 1.807) is 11.8 Å². The van der Waals surface area contributed by atoms with Gasteiger partial charge in [-0.15, -0.1) is 11.8 Å². The molecule has 1 saturated heterocycles. The molecule has 1 atom stereocenters. The van der Waals surface area contributed by atoms with E-state index in [1.165, 1.54) is 0 Å². The van der Waals surface area contributed by atoms with Crippen LogP contribution >= 0.6 is 23.4 Å². The van der Waals surface area contributed by atoms with Crippen LogP contribution in [0.2, 0.25) is 5.02 Å². The van der Waals surface area contributed by atoms with Gasteiger partial charge in [0.2, 0.25) is 0 Å². The summed E-state index contributed by atoms with van der Waals surface area (Å²) >= 11 is 7.42. The Labute approximate surface area is 156 Å². The molecule has 1 aliphatic heterocycles. The lowest BCUT2D eigenvalue weighted by atomic mass is 10.2. The van der Waals surface area contributed by atoms with Gasteiger partial charge in [-0.2, -0.15) is 0 Å². The van der Waals surface area contributed by atoms with E-state index in [2.05, 4.69) is 5.32 Å². The molecular formula is C16H20ClNO5S2. The molecule has 1 heterocycles. The Morgan fingerprint density at radius 2 is 2.00 bits per heavy atom. The number of esters is 1. The number of nitrogens with one attached hydrogen (secondary N) is 1. The van der Waals surface area contributed by atoms with Crippen LogP contribution in [0.3, 0.4) is 0 Å². The van der Waals surface area contributed by atoms with Crippen LogP contribution in [-0.4, -0.2) is 50.2 Å². The molecule has 1 amide bonds. The average molecular weight is 406 g/mol. The van der Waals surface area contributed by atoms with E-state index in [1.807, 2.05) is 24.3 Å². The fraction of sp³-hybridized carbons (Fsp3) is 0.500. The van der Waals surface area contributed by atoms with Gasteiger partial charge < -0.3 is 10.1 Å². The summed E-state index contributed by atoms with van der Waals surface area (Å²) in [6.45, 7) is -0.375. The lowest BCUT2D eigenvalue weighted by Crippen LogP contribution is -2.38. The lowest BCUT2D eigenvalue weighted by Gasteiger charge is -2.11. The first-order valence-electron chi connectivity index (χ1n) is 7.88. The molecule has 2 rings (SSSR count). The van der Waals surface area contributed by atoms with Crippen LogP contribution < -0.4 is 5.32 Å². The molecule has 1 aliphatic rings. The van der Waals surface area contributed by atoms with Gasteiger partial charge in [0.1, 0.15) is 0 Å². The molecule has 1 aromatic carbocycles. The number of amides is 1. The zero-order valence-corrected chi connectivity index (χ0v) is 16.0. The Bertz CT molecular complexity index is 706. The maximum Gasteiger partial charge on any atom is 0.306 e. The maximum atomic E-state index is 11.7. The summed E-state index contributed by atoms with van der Waals surface area (Å²) in [5, 5.41) is 3.25. The highest BCUT2D eigenvalue weighted by atomic mass is 35.5. The minimum atomic E-state index is -3.04. The van der Waals surface area contributed by atoms with Gasteiger partial charge >= 0.3 is 5.97 Å². The third-order valence-corrected chi connectivity index (χ3v) is 6.69. The third kappa shape index (κ3) is 7.66. The predicted octanol–water partition coefficient (Wildman–Crippen LogP) is 2.06. The number of rotatable bonds is 8. The summed E-state index contributed by atoms with van der Waals surface area (Å²) in [5.74, 6) is -0.114. The van der Waals surface area contributed by atoms with Crippen LogP contribution in [0.5, 0.6) is 0 Å². The standard InChI is InChI=1S/C16H20ClNO5S2/c17-12-3-5-14(6-4-12)24-8-1-2-16(20)23-10-15(19)18-13-7-9-25(21,22)11-13/h3-6,13H,1-2,7-11H2,(H,18,19)/t13-/m0/s1. The van der Waals surface area contributed by atoms with Gasteiger partial charge in [-0.05, 0) is 42.9 Å². The number of halogens is 1. The highest BCUT2D eigenvalue weighted by molar-refractivity contribution is 7.99. The summed E-state index contributed by atoms with van der Waals surface area (Å²) in [5.41, 5.74) is 0. The lowest BCUT2D eigenvalue weighted by molar-refractivity contribution is -0.148. The average Bonchev–Trinajstić information content (AvgIpc) is 2.90. The normalized spacial score (nSPS) is 18.7. The minimum Gasteiger partial charge on any atom is -0.456 e. The molecule has 1 N–H and O–H groups in total. The molecule has 0 aliphatic carbocycles. The van der Waals surface area contributed by atoms with Crippen LogP contribution in [0.25, 0.3) is 0 Å². The van der Waals surface area contributed by atoms with Crippen LogP contribution in [0.15, 0.2) is 29.2 Å². The Balaban J connectivity index is 1.56. The first kappa shape index (κ1) is 20.1. The van der Waals surface area contributed by atoms with E-state index in [4.69, 9.17) is 16.3 Å². The van der Waals surface area contributed by atoms with Gasteiger partial charge in [-0.25, -0.2) is 8.42 Å². The van der Waals surface area contributed by atoms with E-state index in [0.717, 1.165) is 10.6 Å². The van der Waals surface area contributed by atoms with Crippen LogP contribution in [-0.2, 0) is 24.2 Å². The number of carbonyl (C=O) groups excluding carboxylic acids is 2. The van der Waals surface area contributed by atoms with Crippen molar-refractivity contribution in [3.8, 4) is 0 Å². The van der Waals surface area contributed by atoms with Gasteiger partial charge in [-0.3, -0.25) is 9.59 Å². The molecule has 0 radical (unpaired) electrons. The maximum absolute atomic E-state index is 11.7.